The number of hydrogen-bond acceptors (Lipinski definition) is 4. The molecule has 0 aliphatic carbocycles. The van der Waals surface area contributed by atoms with Crippen LogP contribution in [0, 0.1) is 5.92 Å². The quantitative estimate of drug-likeness (QED) is 0.901. The molecule has 2 unspecified atom stereocenters. The lowest BCUT2D eigenvalue weighted by atomic mass is 9.86. The fourth-order valence-corrected chi connectivity index (χ4v) is 3.34. The van der Waals surface area contributed by atoms with Crippen molar-refractivity contribution in [3.05, 3.63) is 28.8 Å². The predicted octanol–water partition coefficient (Wildman–Crippen LogP) is 2.78. The highest BCUT2D eigenvalue weighted by atomic mass is 35.5. The highest BCUT2D eigenvalue weighted by Gasteiger charge is 2.36. The van der Waals surface area contributed by atoms with E-state index in [1.807, 2.05) is 12.1 Å². The second-order valence-electron chi connectivity index (χ2n) is 5.58. The molecule has 0 amide bonds. The maximum atomic E-state index is 9.54. The van der Waals surface area contributed by atoms with E-state index in [1.54, 1.807) is 6.07 Å². The summed E-state index contributed by atoms with van der Waals surface area (Å²) < 4.78 is 0. The Labute approximate surface area is 124 Å². The first-order valence-electron chi connectivity index (χ1n) is 7.21. The number of piperidine rings is 1. The average Bonchev–Trinajstić information content (AvgIpc) is 2.85. The van der Waals surface area contributed by atoms with Crippen molar-refractivity contribution in [2.75, 3.05) is 19.6 Å². The normalized spacial score (nSPS) is 26.0. The zero-order valence-electron chi connectivity index (χ0n) is 11.6. The molecule has 0 spiro atoms. The fourth-order valence-electron chi connectivity index (χ4n) is 3.15. The van der Waals surface area contributed by atoms with Crippen LogP contribution in [0.3, 0.4) is 0 Å². The number of phenols is 1. The minimum Gasteiger partial charge on any atom is -0.506 e. The van der Waals surface area contributed by atoms with E-state index in [2.05, 4.69) is 22.4 Å². The van der Waals surface area contributed by atoms with Gasteiger partial charge in [0, 0.05) is 31.1 Å². The van der Waals surface area contributed by atoms with Gasteiger partial charge in [-0.05, 0) is 30.7 Å². The number of aromatic hydroxyl groups is 1. The predicted molar refractivity (Wildman–Crippen MR) is 81.3 cm³/mol. The largest absolute Gasteiger partial charge is 0.506 e. The van der Waals surface area contributed by atoms with E-state index in [0.717, 1.165) is 31.6 Å². The zero-order valence-corrected chi connectivity index (χ0v) is 12.4. The Bertz CT molecular complexity index is 532. The molecule has 5 heteroatoms. The molecule has 1 aromatic carbocycles. The molecule has 3 rings (SSSR count). The third-order valence-electron chi connectivity index (χ3n) is 4.19. The van der Waals surface area contributed by atoms with Crippen molar-refractivity contribution in [1.29, 1.82) is 0 Å². The van der Waals surface area contributed by atoms with Gasteiger partial charge in [-0.3, -0.25) is 0 Å². The number of likely N-dealkylation sites (tertiary alicyclic amines) is 1. The van der Waals surface area contributed by atoms with Gasteiger partial charge in [0.1, 0.15) is 5.75 Å². The summed E-state index contributed by atoms with van der Waals surface area (Å²) in [5.41, 5.74) is 5.61. The summed E-state index contributed by atoms with van der Waals surface area (Å²) in [6.07, 6.45) is 2.22. The Morgan fingerprint density at radius 2 is 2.35 bits per heavy atom. The van der Waals surface area contributed by atoms with Crippen LogP contribution >= 0.6 is 11.6 Å². The Hall–Kier alpha value is -1.26. The van der Waals surface area contributed by atoms with Crippen LogP contribution in [0.1, 0.15) is 31.4 Å². The van der Waals surface area contributed by atoms with E-state index in [-0.39, 0.29) is 11.8 Å². The SMILES string of the molecule is CCCN1CCC2=NNC(c3ccc(O)c(Cl)c3)C2C1. The molecule has 20 heavy (non-hydrogen) atoms. The molecule has 1 fully saturated rings. The first kappa shape index (κ1) is 13.7. The van der Waals surface area contributed by atoms with E-state index in [9.17, 15) is 5.11 Å². The Morgan fingerprint density at radius 1 is 1.50 bits per heavy atom. The molecular weight excluding hydrogens is 274 g/mol. The van der Waals surface area contributed by atoms with Crippen molar-refractivity contribution in [2.45, 2.75) is 25.8 Å². The molecule has 0 saturated carbocycles. The first-order valence-corrected chi connectivity index (χ1v) is 7.59. The molecule has 108 valence electrons. The van der Waals surface area contributed by atoms with Crippen LogP contribution in [0.2, 0.25) is 5.02 Å². The molecule has 1 aromatic rings. The average molecular weight is 294 g/mol. The van der Waals surface area contributed by atoms with Crippen LogP contribution in [0.4, 0.5) is 0 Å². The minimum atomic E-state index is 0.130. The number of benzene rings is 1. The van der Waals surface area contributed by atoms with E-state index in [4.69, 9.17) is 11.6 Å². The van der Waals surface area contributed by atoms with E-state index in [1.165, 1.54) is 12.1 Å². The molecule has 1 saturated heterocycles. The highest BCUT2D eigenvalue weighted by molar-refractivity contribution is 6.32. The van der Waals surface area contributed by atoms with Crippen LogP contribution in [-0.4, -0.2) is 35.4 Å². The van der Waals surface area contributed by atoms with Crippen molar-refractivity contribution >= 4 is 17.3 Å². The molecule has 2 aliphatic heterocycles. The lowest BCUT2D eigenvalue weighted by Crippen LogP contribution is -2.42. The Balaban J connectivity index is 1.79. The van der Waals surface area contributed by atoms with Crippen LogP contribution in [0.5, 0.6) is 5.75 Å². The lowest BCUT2D eigenvalue weighted by molar-refractivity contribution is 0.228. The van der Waals surface area contributed by atoms with Crippen LogP contribution < -0.4 is 5.43 Å². The van der Waals surface area contributed by atoms with Crippen molar-refractivity contribution < 1.29 is 5.11 Å². The summed E-state index contributed by atoms with van der Waals surface area (Å²) in [6, 6.07) is 5.59. The van der Waals surface area contributed by atoms with Crippen molar-refractivity contribution in [3.63, 3.8) is 0 Å². The van der Waals surface area contributed by atoms with Gasteiger partial charge in [0.25, 0.3) is 0 Å². The summed E-state index contributed by atoms with van der Waals surface area (Å²) >= 11 is 6.02. The molecule has 2 aliphatic rings. The second-order valence-corrected chi connectivity index (χ2v) is 5.99. The number of phenolic OH excluding ortho intramolecular Hbond substituents is 1. The number of halogens is 1. The van der Waals surface area contributed by atoms with Crippen LogP contribution in [0.25, 0.3) is 0 Å². The molecule has 0 radical (unpaired) electrons. The standard InChI is InChI=1S/C15H20ClN3O/c1-2-6-19-7-5-13-11(9-19)15(18-17-13)10-3-4-14(20)12(16)8-10/h3-4,8,11,15,18,20H,2,5-7,9H2,1H3. The van der Waals surface area contributed by atoms with Crippen molar-refractivity contribution in [1.82, 2.24) is 10.3 Å². The van der Waals surface area contributed by atoms with Gasteiger partial charge in [0.2, 0.25) is 0 Å². The van der Waals surface area contributed by atoms with Gasteiger partial charge in [-0.25, -0.2) is 0 Å². The number of nitrogens with zero attached hydrogens (tertiary/aromatic N) is 2. The fraction of sp³-hybridized carbons (Fsp3) is 0.533. The summed E-state index contributed by atoms with van der Waals surface area (Å²) in [6.45, 7) is 5.51. The smallest absolute Gasteiger partial charge is 0.134 e. The van der Waals surface area contributed by atoms with Crippen molar-refractivity contribution in [3.8, 4) is 5.75 Å². The van der Waals surface area contributed by atoms with Crippen molar-refractivity contribution in [2.24, 2.45) is 11.0 Å². The molecule has 2 N–H and O–H groups in total. The number of nitrogens with one attached hydrogen (secondary N) is 1. The number of rotatable bonds is 3. The number of fused-ring (bicyclic) bond motifs is 1. The van der Waals surface area contributed by atoms with Gasteiger partial charge >= 0.3 is 0 Å². The molecule has 0 bridgehead atoms. The van der Waals surface area contributed by atoms with Crippen LogP contribution in [0.15, 0.2) is 23.3 Å². The van der Waals surface area contributed by atoms with E-state index < -0.39 is 0 Å². The first-order chi connectivity index (χ1) is 9.69. The van der Waals surface area contributed by atoms with E-state index in [0.29, 0.717) is 10.9 Å². The molecule has 2 heterocycles. The number of hydrogen-bond donors (Lipinski definition) is 2. The Kier molecular flexibility index (Phi) is 3.85. The van der Waals surface area contributed by atoms with Gasteiger partial charge in [0.05, 0.1) is 11.1 Å². The third-order valence-corrected chi connectivity index (χ3v) is 4.49. The van der Waals surface area contributed by atoms with Gasteiger partial charge < -0.3 is 15.4 Å². The minimum absolute atomic E-state index is 0.130. The molecular formula is C15H20ClN3O. The summed E-state index contributed by atoms with van der Waals surface area (Å²) in [4.78, 5) is 2.51. The van der Waals surface area contributed by atoms with Crippen LogP contribution in [-0.2, 0) is 0 Å². The van der Waals surface area contributed by atoms with E-state index >= 15 is 0 Å². The maximum Gasteiger partial charge on any atom is 0.134 e. The topological polar surface area (TPSA) is 47.9 Å². The highest BCUT2D eigenvalue weighted by Crippen LogP contribution is 2.35. The molecule has 4 nitrogen and oxygen atoms in total. The molecule has 0 aromatic heterocycles. The van der Waals surface area contributed by atoms with Gasteiger partial charge in [-0.15, -0.1) is 0 Å². The van der Waals surface area contributed by atoms with Gasteiger partial charge in [-0.1, -0.05) is 24.6 Å². The summed E-state index contributed by atoms with van der Waals surface area (Å²) in [7, 11) is 0. The zero-order chi connectivity index (χ0) is 14.1. The summed E-state index contributed by atoms with van der Waals surface area (Å²) in [5, 5.41) is 14.4. The second kappa shape index (κ2) is 5.62. The molecule has 2 atom stereocenters. The maximum absolute atomic E-state index is 9.54. The third kappa shape index (κ3) is 2.50. The van der Waals surface area contributed by atoms with Gasteiger partial charge in [0.15, 0.2) is 0 Å². The Morgan fingerprint density at radius 3 is 3.10 bits per heavy atom. The number of hydrazone groups is 1. The monoisotopic (exact) mass is 293 g/mol. The van der Waals surface area contributed by atoms with Gasteiger partial charge in [-0.2, -0.15) is 5.10 Å². The summed E-state index contributed by atoms with van der Waals surface area (Å²) in [5.74, 6) is 0.543. The lowest BCUT2D eigenvalue weighted by Gasteiger charge is -2.33.